The Morgan fingerprint density at radius 2 is 2.11 bits per heavy atom. The Kier molecular flexibility index (Phi) is 3.92. The Bertz CT molecular complexity index is 114. The molecule has 1 aliphatic heterocycles. The zero-order chi connectivity index (χ0) is 5.98. The van der Waals surface area contributed by atoms with Gasteiger partial charge in [-0.2, -0.15) is 0 Å². The van der Waals surface area contributed by atoms with Crippen LogP contribution in [0.5, 0.6) is 0 Å². The largest absolute Gasteiger partial charge is 0.569 e. The molecule has 1 N–H and O–H groups in total. The molecule has 47 valence electrons. The van der Waals surface area contributed by atoms with E-state index in [1.165, 1.54) is 5.01 Å². The molecule has 1 aliphatic rings. The van der Waals surface area contributed by atoms with E-state index >= 15 is 0 Å². The van der Waals surface area contributed by atoms with Crippen molar-refractivity contribution in [1.82, 2.24) is 5.01 Å². The van der Waals surface area contributed by atoms with Gasteiger partial charge in [0.05, 0.1) is 18.1 Å². The van der Waals surface area contributed by atoms with Crippen molar-refractivity contribution in [3.63, 3.8) is 0 Å². The second kappa shape index (κ2) is 3.92. The van der Waals surface area contributed by atoms with Crippen LogP contribution in [0.25, 0.3) is 0 Å². The second-order valence-corrected chi connectivity index (χ2v) is 1.65. The smallest absolute Gasteiger partial charge is 0.230 e. The summed E-state index contributed by atoms with van der Waals surface area (Å²) in [5.41, 5.74) is 0. The zero-order valence-corrected chi connectivity index (χ0v) is 7.32. The summed E-state index contributed by atoms with van der Waals surface area (Å²) in [5, 5.41) is 21.9. The first-order valence-electron chi connectivity index (χ1n) is 2.42. The Labute approximate surface area is 74.8 Å². The second-order valence-electron chi connectivity index (χ2n) is 1.65. The van der Waals surface area contributed by atoms with Gasteiger partial charge in [0.2, 0.25) is 5.28 Å². The Balaban J connectivity index is 0.000000640. The van der Waals surface area contributed by atoms with Crippen molar-refractivity contribution in [1.29, 1.82) is 0 Å². The van der Waals surface area contributed by atoms with E-state index in [0.717, 1.165) is 6.42 Å². The fourth-order valence-electron chi connectivity index (χ4n) is 0.527. The Morgan fingerprint density at radius 3 is 2.22 bits per heavy atom. The van der Waals surface area contributed by atoms with Crippen LogP contribution >= 0.6 is 0 Å². The van der Waals surface area contributed by atoms with Crippen molar-refractivity contribution < 1.29 is 10.2 Å². The molecule has 0 atom stereocenters. The van der Waals surface area contributed by atoms with Crippen LogP contribution in [0.4, 0.5) is 0 Å². The van der Waals surface area contributed by atoms with Crippen LogP contribution in [-0.2, 0) is 0 Å². The minimum Gasteiger partial charge on any atom is -0.569 e. The van der Waals surface area contributed by atoms with Crippen molar-refractivity contribution in [2.45, 2.75) is 6.42 Å². The SMILES string of the molecule is [Na].[O-][N+](=NO)N1CCC1. The maximum absolute atomic E-state index is 10.2. The van der Waals surface area contributed by atoms with Crippen molar-refractivity contribution >= 4 is 29.6 Å². The maximum Gasteiger partial charge on any atom is 0.230 e. The molecule has 0 bridgehead atoms. The van der Waals surface area contributed by atoms with Crippen LogP contribution in [0.1, 0.15) is 6.42 Å². The number of hydrogen-bond donors (Lipinski definition) is 1. The van der Waals surface area contributed by atoms with Gasteiger partial charge in [-0.3, -0.25) is 0 Å². The molecule has 0 saturated carbocycles. The number of nitrogens with zero attached hydrogens (tertiary/aromatic N) is 3. The van der Waals surface area contributed by atoms with Gasteiger partial charge in [-0.15, -0.1) is 5.01 Å². The molecular weight excluding hydrogens is 133 g/mol. The van der Waals surface area contributed by atoms with Crippen LogP contribution in [-0.4, -0.2) is 57.8 Å². The van der Waals surface area contributed by atoms with E-state index in [9.17, 15) is 5.21 Å². The minimum atomic E-state index is 0. The van der Waals surface area contributed by atoms with E-state index in [1.54, 1.807) is 0 Å². The van der Waals surface area contributed by atoms with Gasteiger partial charge >= 0.3 is 0 Å². The monoisotopic (exact) mass is 140 g/mol. The van der Waals surface area contributed by atoms with E-state index in [2.05, 4.69) is 5.28 Å². The third-order valence-electron chi connectivity index (χ3n) is 1.15. The molecule has 0 amide bonds. The molecule has 0 unspecified atom stereocenters. The van der Waals surface area contributed by atoms with Gasteiger partial charge in [-0.1, -0.05) is 0 Å². The summed E-state index contributed by atoms with van der Waals surface area (Å²) >= 11 is 0. The van der Waals surface area contributed by atoms with Crippen molar-refractivity contribution in [2.75, 3.05) is 13.1 Å². The summed E-state index contributed by atoms with van der Waals surface area (Å²) in [6.07, 6.45) is 1.01. The van der Waals surface area contributed by atoms with Gasteiger partial charge in [0.25, 0.3) is 0 Å². The molecule has 1 heterocycles. The third-order valence-corrected chi connectivity index (χ3v) is 1.15. The first-order chi connectivity index (χ1) is 3.84. The predicted octanol–water partition coefficient (Wildman–Crippen LogP) is -0.422. The number of hydrazine groups is 1. The Hall–Kier alpha value is 0.0000000000000000555. The van der Waals surface area contributed by atoms with Crippen LogP contribution in [0.15, 0.2) is 5.28 Å². The molecule has 1 radical (unpaired) electrons. The van der Waals surface area contributed by atoms with E-state index < -0.39 is 0 Å². The third kappa shape index (κ3) is 2.00. The molecule has 1 rings (SSSR count). The van der Waals surface area contributed by atoms with Crippen molar-refractivity contribution in [3.8, 4) is 0 Å². The maximum atomic E-state index is 10.2. The van der Waals surface area contributed by atoms with E-state index in [1.807, 2.05) is 0 Å². The molecule has 1 saturated heterocycles. The predicted molar refractivity (Wildman–Crippen MR) is 29.8 cm³/mol. The van der Waals surface area contributed by atoms with Crippen LogP contribution < -0.4 is 0 Å². The molecule has 0 aromatic rings. The molecule has 0 aromatic carbocycles. The van der Waals surface area contributed by atoms with Gasteiger partial charge in [0.1, 0.15) is 0 Å². The van der Waals surface area contributed by atoms with Gasteiger partial charge in [0.15, 0.2) is 0 Å². The zero-order valence-electron chi connectivity index (χ0n) is 5.32. The Morgan fingerprint density at radius 1 is 1.56 bits per heavy atom. The van der Waals surface area contributed by atoms with Gasteiger partial charge in [-0.05, 0) is 6.42 Å². The van der Waals surface area contributed by atoms with E-state index in [4.69, 9.17) is 5.21 Å². The summed E-state index contributed by atoms with van der Waals surface area (Å²) < 4.78 is 0. The molecule has 0 aromatic heterocycles. The summed E-state index contributed by atoms with van der Waals surface area (Å²) in [6.45, 7) is 1.40. The number of rotatable bonds is 1. The van der Waals surface area contributed by atoms with Gasteiger partial charge in [-0.25, -0.2) is 0 Å². The molecule has 1 fully saturated rings. The molecule has 6 heteroatoms. The van der Waals surface area contributed by atoms with Crippen LogP contribution in [0.2, 0.25) is 0 Å². The summed E-state index contributed by atoms with van der Waals surface area (Å²) in [7, 11) is 0. The topological polar surface area (TPSA) is 61.9 Å². The van der Waals surface area contributed by atoms with E-state index in [-0.39, 0.29) is 34.5 Å². The molecule has 5 nitrogen and oxygen atoms in total. The quantitative estimate of drug-likeness (QED) is 0.233. The average Bonchev–Trinajstić information content (AvgIpc) is 1.62. The summed E-state index contributed by atoms with van der Waals surface area (Å²) in [6, 6.07) is 0. The molecule has 0 aliphatic carbocycles. The molecule has 9 heavy (non-hydrogen) atoms. The van der Waals surface area contributed by atoms with Crippen LogP contribution in [0, 0.1) is 5.21 Å². The van der Waals surface area contributed by atoms with Crippen molar-refractivity contribution in [2.24, 2.45) is 5.28 Å². The normalized spacial score (nSPS) is 18.2. The van der Waals surface area contributed by atoms with E-state index in [0.29, 0.717) is 13.1 Å². The first-order valence-corrected chi connectivity index (χ1v) is 2.42. The first kappa shape index (κ1) is 9.00. The summed E-state index contributed by atoms with van der Waals surface area (Å²) in [4.78, 5) is 0.198. The van der Waals surface area contributed by atoms with Crippen LogP contribution in [0.3, 0.4) is 0 Å². The molecule has 0 spiro atoms. The average molecular weight is 140 g/mol. The standard InChI is InChI=1S/C3H7N3O2.Na/c7-4-6(8)5-2-1-3-5;/h7H,1-3H2;. The van der Waals surface area contributed by atoms with Gasteiger partial charge < -0.3 is 10.4 Å². The van der Waals surface area contributed by atoms with Crippen molar-refractivity contribution in [3.05, 3.63) is 5.21 Å². The molecular formula is C3H7N3NaO2. The van der Waals surface area contributed by atoms with Gasteiger partial charge in [0, 0.05) is 29.6 Å². The summed E-state index contributed by atoms with van der Waals surface area (Å²) in [5.74, 6) is 0. The fraction of sp³-hybridized carbons (Fsp3) is 1.00. The fourth-order valence-corrected chi connectivity index (χ4v) is 0.527. The number of hydrogen-bond acceptors (Lipinski definition) is 2. The minimum absolute atomic E-state index is 0.